The minimum atomic E-state index is 0.00554. The van der Waals surface area contributed by atoms with E-state index in [4.69, 9.17) is 4.98 Å². The third kappa shape index (κ3) is 2.96. The molecule has 26 heavy (non-hydrogen) atoms. The second-order valence-electron chi connectivity index (χ2n) is 6.74. The number of para-hydroxylation sites is 1. The molecule has 0 unspecified atom stereocenters. The first-order valence-corrected chi connectivity index (χ1v) is 10.5. The average molecular weight is 383 g/mol. The van der Waals surface area contributed by atoms with E-state index in [1.54, 1.807) is 16.7 Å². The van der Waals surface area contributed by atoms with E-state index < -0.39 is 0 Å². The Morgan fingerprint density at radius 1 is 1.23 bits per heavy atom. The fraction of sp³-hybridized carbons (Fsp3) is 0.316. The molecule has 0 spiro atoms. The molecule has 1 atom stereocenters. The fourth-order valence-corrected chi connectivity index (χ4v) is 5.50. The van der Waals surface area contributed by atoms with Crippen LogP contribution in [0.4, 0.5) is 0 Å². The monoisotopic (exact) mass is 382 g/mol. The van der Waals surface area contributed by atoms with Crippen LogP contribution in [0.25, 0.3) is 15.2 Å². The molecule has 5 rings (SSSR count). The summed E-state index contributed by atoms with van der Waals surface area (Å²) in [4.78, 5) is 24.9. The van der Waals surface area contributed by atoms with E-state index in [0.717, 1.165) is 42.2 Å². The summed E-state index contributed by atoms with van der Waals surface area (Å²) in [6.07, 6.45) is 4.11. The van der Waals surface area contributed by atoms with E-state index in [2.05, 4.69) is 28.1 Å². The van der Waals surface area contributed by atoms with Crippen LogP contribution in [0.2, 0.25) is 0 Å². The van der Waals surface area contributed by atoms with Gasteiger partial charge in [0.05, 0.1) is 20.9 Å². The van der Waals surface area contributed by atoms with Crippen LogP contribution < -0.4 is 5.56 Å². The molecule has 0 aliphatic carbocycles. The summed E-state index contributed by atoms with van der Waals surface area (Å²) in [6.45, 7) is 2.75. The molecule has 4 aromatic rings. The lowest BCUT2D eigenvalue weighted by molar-refractivity contribution is 0.198. The van der Waals surface area contributed by atoms with E-state index >= 15 is 0 Å². The van der Waals surface area contributed by atoms with E-state index in [0.29, 0.717) is 5.92 Å². The highest BCUT2D eigenvalue weighted by Crippen LogP contribution is 2.33. The summed E-state index contributed by atoms with van der Waals surface area (Å²) < 4.78 is 2.87. The van der Waals surface area contributed by atoms with Crippen molar-refractivity contribution in [3.63, 3.8) is 0 Å². The number of fused-ring (bicyclic) bond motifs is 2. The molecular weight excluding hydrogens is 364 g/mol. The molecule has 1 aromatic carbocycles. The standard InChI is InChI=1S/C19H18N4OS2/c24-17-10-14(20-19-23(17)8-9-25-19)12-22-7-3-4-13(11-22)18-21-15-5-1-2-6-16(15)26-18/h1-2,5-6,8-10,13H,3-4,7,11-12H2/t13-/m0/s1. The molecule has 1 saturated heterocycles. The van der Waals surface area contributed by atoms with Crippen molar-refractivity contribution in [2.45, 2.75) is 25.3 Å². The molecule has 7 heteroatoms. The summed E-state index contributed by atoms with van der Waals surface area (Å²) in [5, 5.41) is 3.13. The second-order valence-corrected chi connectivity index (χ2v) is 8.67. The van der Waals surface area contributed by atoms with Crippen LogP contribution in [-0.4, -0.2) is 32.4 Å². The van der Waals surface area contributed by atoms with Crippen LogP contribution in [0, 0.1) is 0 Å². The Kier molecular flexibility index (Phi) is 4.07. The zero-order valence-electron chi connectivity index (χ0n) is 14.2. The van der Waals surface area contributed by atoms with Gasteiger partial charge in [0.15, 0.2) is 4.96 Å². The minimum Gasteiger partial charge on any atom is -0.297 e. The number of benzene rings is 1. The normalized spacial score (nSPS) is 18.7. The Bertz CT molecular complexity index is 1100. The van der Waals surface area contributed by atoms with Crippen LogP contribution in [0.3, 0.4) is 0 Å². The van der Waals surface area contributed by atoms with Gasteiger partial charge in [0, 0.05) is 36.7 Å². The molecule has 3 aromatic heterocycles. The molecule has 0 radical (unpaired) electrons. The number of nitrogens with zero attached hydrogens (tertiary/aromatic N) is 4. The maximum atomic E-state index is 12.2. The molecule has 132 valence electrons. The summed E-state index contributed by atoms with van der Waals surface area (Å²) in [5.74, 6) is 0.465. The van der Waals surface area contributed by atoms with Crippen LogP contribution in [0.5, 0.6) is 0 Å². The highest BCUT2D eigenvalue weighted by atomic mass is 32.1. The van der Waals surface area contributed by atoms with Crippen molar-refractivity contribution in [1.82, 2.24) is 19.3 Å². The lowest BCUT2D eigenvalue weighted by atomic mass is 9.98. The predicted molar refractivity (Wildman–Crippen MR) is 106 cm³/mol. The number of hydrogen-bond donors (Lipinski definition) is 0. The van der Waals surface area contributed by atoms with E-state index in [9.17, 15) is 4.79 Å². The SMILES string of the molecule is O=c1cc(CN2CCC[C@H](c3nc4ccccc4s3)C2)nc2sccn12. The van der Waals surface area contributed by atoms with Crippen molar-refractivity contribution in [2.75, 3.05) is 13.1 Å². The molecule has 5 nitrogen and oxygen atoms in total. The highest BCUT2D eigenvalue weighted by Gasteiger charge is 2.24. The third-order valence-corrected chi connectivity index (χ3v) is 6.86. The molecule has 1 fully saturated rings. The highest BCUT2D eigenvalue weighted by molar-refractivity contribution is 7.18. The van der Waals surface area contributed by atoms with Crippen molar-refractivity contribution in [3.8, 4) is 0 Å². The van der Waals surface area contributed by atoms with E-state index in [-0.39, 0.29) is 5.56 Å². The molecular formula is C19H18N4OS2. The molecule has 0 amide bonds. The van der Waals surface area contributed by atoms with Gasteiger partial charge in [0.2, 0.25) is 0 Å². The first-order valence-electron chi connectivity index (χ1n) is 8.80. The van der Waals surface area contributed by atoms with Crippen molar-refractivity contribution in [3.05, 3.63) is 63.0 Å². The van der Waals surface area contributed by atoms with Gasteiger partial charge in [-0.15, -0.1) is 22.7 Å². The minimum absolute atomic E-state index is 0.00554. The van der Waals surface area contributed by atoms with Gasteiger partial charge in [-0.2, -0.15) is 0 Å². The molecule has 1 aliphatic rings. The number of rotatable bonds is 3. The average Bonchev–Trinajstić information content (AvgIpc) is 3.28. The Hall–Kier alpha value is -2.09. The summed E-state index contributed by atoms with van der Waals surface area (Å²) in [5.41, 5.74) is 1.97. The Balaban J connectivity index is 1.37. The fourth-order valence-electron chi connectivity index (χ4n) is 3.66. The van der Waals surface area contributed by atoms with E-state index in [1.807, 2.05) is 22.8 Å². The van der Waals surface area contributed by atoms with Crippen LogP contribution in [0.1, 0.15) is 29.5 Å². The first kappa shape index (κ1) is 16.1. The Labute approximate surface area is 158 Å². The van der Waals surface area contributed by atoms with E-state index in [1.165, 1.54) is 27.5 Å². The topological polar surface area (TPSA) is 50.5 Å². The molecule has 0 N–H and O–H groups in total. The smallest absolute Gasteiger partial charge is 0.258 e. The third-order valence-electron chi connectivity index (χ3n) is 4.91. The summed E-state index contributed by atoms with van der Waals surface area (Å²) in [6, 6.07) is 10.0. The lowest BCUT2D eigenvalue weighted by Crippen LogP contribution is -2.34. The van der Waals surface area contributed by atoms with Crippen LogP contribution in [-0.2, 0) is 6.54 Å². The van der Waals surface area contributed by atoms with Gasteiger partial charge in [-0.05, 0) is 31.5 Å². The summed E-state index contributed by atoms with van der Waals surface area (Å²) in [7, 11) is 0. The number of thiazole rings is 2. The van der Waals surface area contributed by atoms with Gasteiger partial charge in [0.1, 0.15) is 0 Å². The zero-order valence-corrected chi connectivity index (χ0v) is 15.8. The quantitative estimate of drug-likeness (QED) is 0.542. The second kappa shape index (κ2) is 6.57. The Morgan fingerprint density at radius 3 is 3.08 bits per heavy atom. The molecule has 4 heterocycles. The summed E-state index contributed by atoms with van der Waals surface area (Å²) >= 11 is 3.32. The van der Waals surface area contributed by atoms with Gasteiger partial charge >= 0.3 is 0 Å². The van der Waals surface area contributed by atoms with Crippen molar-refractivity contribution in [1.29, 1.82) is 0 Å². The van der Waals surface area contributed by atoms with Gasteiger partial charge in [-0.25, -0.2) is 9.97 Å². The zero-order chi connectivity index (χ0) is 17.5. The number of hydrogen-bond acceptors (Lipinski definition) is 6. The first-order chi connectivity index (χ1) is 12.8. The van der Waals surface area contributed by atoms with Crippen LogP contribution in [0.15, 0.2) is 46.7 Å². The number of aromatic nitrogens is 3. The van der Waals surface area contributed by atoms with Gasteiger partial charge < -0.3 is 0 Å². The molecule has 1 aliphatic heterocycles. The number of likely N-dealkylation sites (tertiary alicyclic amines) is 1. The van der Waals surface area contributed by atoms with Crippen molar-refractivity contribution < 1.29 is 0 Å². The van der Waals surface area contributed by atoms with Crippen molar-refractivity contribution in [2.24, 2.45) is 0 Å². The molecule has 0 saturated carbocycles. The Morgan fingerprint density at radius 2 is 2.15 bits per heavy atom. The molecule has 0 bridgehead atoms. The lowest BCUT2D eigenvalue weighted by Gasteiger charge is -2.31. The largest absolute Gasteiger partial charge is 0.297 e. The van der Waals surface area contributed by atoms with Gasteiger partial charge in [-0.1, -0.05) is 12.1 Å². The number of piperidine rings is 1. The van der Waals surface area contributed by atoms with Crippen LogP contribution >= 0.6 is 22.7 Å². The predicted octanol–water partition coefficient (Wildman–Crippen LogP) is 3.75. The van der Waals surface area contributed by atoms with Gasteiger partial charge in [0.25, 0.3) is 5.56 Å². The maximum absolute atomic E-state index is 12.2. The maximum Gasteiger partial charge on any atom is 0.258 e. The van der Waals surface area contributed by atoms with Gasteiger partial charge in [-0.3, -0.25) is 14.1 Å². The van der Waals surface area contributed by atoms with Crippen molar-refractivity contribution >= 4 is 37.9 Å².